The molecular formula is C16H12BrN5S. The first kappa shape index (κ1) is 14.3. The lowest BCUT2D eigenvalue weighted by molar-refractivity contribution is 0.969. The average molecular weight is 386 g/mol. The van der Waals surface area contributed by atoms with Gasteiger partial charge in [0, 0.05) is 15.7 Å². The highest BCUT2D eigenvalue weighted by Gasteiger charge is 2.15. The second-order valence-electron chi connectivity index (χ2n) is 5.10. The number of benzene rings is 2. The van der Waals surface area contributed by atoms with Crippen LogP contribution in [-0.4, -0.2) is 19.8 Å². The van der Waals surface area contributed by atoms with Gasteiger partial charge in [-0.05, 0) is 31.2 Å². The number of hydrogen-bond acceptors (Lipinski definition) is 5. The summed E-state index contributed by atoms with van der Waals surface area (Å²) in [6.45, 7) is 2.07. The molecule has 7 heteroatoms. The number of nitrogens with one attached hydrogen (secondary N) is 1. The van der Waals surface area contributed by atoms with E-state index >= 15 is 0 Å². The molecule has 0 amide bonds. The summed E-state index contributed by atoms with van der Waals surface area (Å²) in [4.78, 5) is 0.755. The molecule has 5 nitrogen and oxygen atoms in total. The van der Waals surface area contributed by atoms with Crippen LogP contribution in [0.3, 0.4) is 0 Å². The third-order valence-corrected chi connectivity index (χ3v) is 4.91. The van der Waals surface area contributed by atoms with Crippen LogP contribution < -0.4 is 5.32 Å². The maximum Gasteiger partial charge on any atom is 0.236 e. The molecule has 0 bridgehead atoms. The molecule has 4 rings (SSSR count). The van der Waals surface area contributed by atoms with Crippen LogP contribution >= 0.6 is 27.3 Å². The Labute approximate surface area is 145 Å². The molecule has 23 heavy (non-hydrogen) atoms. The zero-order chi connectivity index (χ0) is 15.8. The summed E-state index contributed by atoms with van der Waals surface area (Å²) in [6.07, 6.45) is 0. The van der Waals surface area contributed by atoms with Crippen molar-refractivity contribution in [1.29, 1.82) is 0 Å². The highest BCUT2D eigenvalue weighted by Crippen LogP contribution is 2.30. The van der Waals surface area contributed by atoms with Crippen LogP contribution in [0.1, 0.15) is 5.56 Å². The first-order valence-electron chi connectivity index (χ1n) is 7.01. The van der Waals surface area contributed by atoms with E-state index in [0.717, 1.165) is 31.6 Å². The van der Waals surface area contributed by atoms with Crippen molar-refractivity contribution >= 4 is 43.0 Å². The number of nitrogens with zero attached hydrogens (tertiary/aromatic N) is 4. The van der Waals surface area contributed by atoms with Gasteiger partial charge in [0.25, 0.3) is 0 Å². The van der Waals surface area contributed by atoms with Gasteiger partial charge in [-0.2, -0.15) is 4.52 Å². The minimum atomic E-state index is 0.723. The van der Waals surface area contributed by atoms with Crippen LogP contribution in [0.15, 0.2) is 53.0 Å². The Kier molecular flexibility index (Phi) is 3.59. The highest BCUT2D eigenvalue weighted by atomic mass is 79.9. The predicted molar refractivity (Wildman–Crippen MR) is 96.3 cm³/mol. The van der Waals surface area contributed by atoms with Gasteiger partial charge < -0.3 is 5.32 Å². The van der Waals surface area contributed by atoms with Gasteiger partial charge in [0.05, 0.1) is 0 Å². The lowest BCUT2D eigenvalue weighted by atomic mass is 10.2. The van der Waals surface area contributed by atoms with Gasteiger partial charge in [-0.15, -0.1) is 15.3 Å². The second-order valence-corrected chi connectivity index (χ2v) is 6.91. The van der Waals surface area contributed by atoms with Gasteiger partial charge in [0.15, 0.2) is 5.82 Å². The molecule has 0 spiro atoms. The third kappa shape index (κ3) is 2.73. The van der Waals surface area contributed by atoms with E-state index in [9.17, 15) is 0 Å². The van der Waals surface area contributed by atoms with E-state index in [1.807, 2.05) is 36.4 Å². The zero-order valence-electron chi connectivity index (χ0n) is 12.2. The fourth-order valence-electron chi connectivity index (χ4n) is 2.24. The Morgan fingerprint density at radius 2 is 1.83 bits per heavy atom. The van der Waals surface area contributed by atoms with Crippen LogP contribution in [0.5, 0.6) is 0 Å². The summed E-state index contributed by atoms with van der Waals surface area (Å²) < 4.78 is 2.73. The Morgan fingerprint density at radius 1 is 1.04 bits per heavy atom. The lowest BCUT2D eigenvalue weighted by Gasteiger charge is -2.02. The minimum Gasteiger partial charge on any atom is -0.330 e. The van der Waals surface area contributed by atoms with Crippen molar-refractivity contribution in [2.45, 2.75) is 6.92 Å². The van der Waals surface area contributed by atoms with Crippen molar-refractivity contribution < 1.29 is 0 Å². The fraction of sp³-hybridized carbons (Fsp3) is 0.0625. The summed E-state index contributed by atoms with van der Waals surface area (Å²) >= 11 is 5.02. The van der Waals surface area contributed by atoms with E-state index in [0.29, 0.717) is 0 Å². The number of rotatable bonds is 3. The van der Waals surface area contributed by atoms with Crippen LogP contribution in [0.2, 0.25) is 0 Å². The van der Waals surface area contributed by atoms with Crippen molar-refractivity contribution in [3.05, 3.63) is 58.6 Å². The molecule has 114 valence electrons. The maximum absolute atomic E-state index is 4.59. The number of hydrogen-bond donors (Lipinski definition) is 1. The molecule has 1 N–H and O–H groups in total. The monoisotopic (exact) mass is 385 g/mol. The molecule has 0 aliphatic carbocycles. The largest absolute Gasteiger partial charge is 0.330 e. The van der Waals surface area contributed by atoms with Crippen molar-refractivity contribution in [3.8, 4) is 11.4 Å². The highest BCUT2D eigenvalue weighted by molar-refractivity contribution is 9.10. The van der Waals surface area contributed by atoms with Gasteiger partial charge in [-0.1, -0.05) is 57.1 Å². The normalized spacial score (nSPS) is 11.0. The summed E-state index contributed by atoms with van der Waals surface area (Å²) in [5.74, 6) is 0.723. The van der Waals surface area contributed by atoms with Crippen molar-refractivity contribution in [3.63, 3.8) is 0 Å². The molecule has 0 aliphatic rings. The quantitative estimate of drug-likeness (QED) is 0.556. The Balaban J connectivity index is 1.72. The summed E-state index contributed by atoms with van der Waals surface area (Å²) in [7, 11) is 0. The molecule has 0 radical (unpaired) electrons. The van der Waals surface area contributed by atoms with Crippen molar-refractivity contribution in [2.24, 2.45) is 0 Å². The first-order valence-corrected chi connectivity index (χ1v) is 8.62. The Bertz CT molecular complexity index is 974. The van der Waals surface area contributed by atoms with Crippen molar-refractivity contribution in [1.82, 2.24) is 19.8 Å². The molecular weight excluding hydrogens is 374 g/mol. The van der Waals surface area contributed by atoms with Crippen molar-refractivity contribution in [2.75, 3.05) is 5.32 Å². The minimum absolute atomic E-state index is 0.723. The third-order valence-electron chi connectivity index (χ3n) is 3.41. The van der Waals surface area contributed by atoms with Crippen LogP contribution in [0.4, 0.5) is 10.8 Å². The number of halogens is 1. The number of aryl methyl sites for hydroxylation is 1. The molecule has 2 aromatic carbocycles. The Morgan fingerprint density at radius 3 is 2.61 bits per heavy atom. The molecule has 0 atom stereocenters. The maximum atomic E-state index is 4.59. The second kappa shape index (κ2) is 5.75. The zero-order valence-corrected chi connectivity index (χ0v) is 14.6. The van der Waals surface area contributed by atoms with E-state index < -0.39 is 0 Å². The van der Waals surface area contributed by atoms with E-state index in [4.69, 9.17) is 0 Å². The van der Waals surface area contributed by atoms with E-state index in [-0.39, 0.29) is 0 Å². The molecule has 0 saturated carbocycles. The molecule has 0 saturated heterocycles. The fourth-order valence-corrected chi connectivity index (χ4v) is 3.46. The van der Waals surface area contributed by atoms with E-state index in [1.165, 1.54) is 16.9 Å². The molecule has 4 aromatic rings. The molecule has 0 aliphatic heterocycles. The van der Waals surface area contributed by atoms with Gasteiger partial charge >= 0.3 is 0 Å². The summed E-state index contributed by atoms with van der Waals surface area (Å²) in [6, 6.07) is 16.1. The molecule has 2 heterocycles. The Hall–Kier alpha value is -2.25. The smallest absolute Gasteiger partial charge is 0.236 e. The van der Waals surface area contributed by atoms with E-state index in [2.05, 4.69) is 55.6 Å². The number of aromatic nitrogens is 4. The first-order chi connectivity index (χ1) is 11.2. The average Bonchev–Trinajstić information content (AvgIpc) is 3.10. The van der Waals surface area contributed by atoms with Gasteiger partial charge in [0.1, 0.15) is 0 Å². The summed E-state index contributed by atoms with van der Waals surface area (Å²) in [5, 5.41) is 17.1. The molecule has 0 unspecified atom stereocenters. The standard InChI is InChI=1S/C16H12BrN5S/c1-10-6-8-11(9-7-10)18-15-21-22-14(19-20-16(22)23-15)12-4-2-3-5-13(12)17/h2-9H,1H3,(H,18,21). The van der Waals surface area contributed by atoms with Crippen LogP contribution in [0, 0.1) is 6.92 Å². The van der Waals surface area contributed by atoms with Gasteiger partial charge in [-0.3, -0.25) is 0 Å². The topological polar surface area (TPSA) is 55.1 Å². The van der Waals surface area contributed by atoms with Gasteiger partial charge in [0.2, 0.25) is 10.1 Å². The number of anilines is 2. The van der Waals surface area contributed by atoms with Gasteiger partial charge in [-0.25, -0.2) is 0 Å². The predicted octanol–water partition coefficient (Wildman–Crippen LogP) is 4.67. The summed E-state index contributed by atoms with van der Waals surface area (Å²) in [5.41, 5.74) is 3.19. The van der Waals surface area contributed by atoms with Crippen LogP contribution in [0.25, 0.3) is 16.3 Å². The van der Waals surface area contributed by atoms with E-state index in [1.54, 1.807) is 4.52 Å². The SMILES string of the molecule is Cc1ccc(Nc2nn3c(-c4ccccc4Br)nnc3s2)cc1. The molecule has 2 aromatic heterocycles. The lowest BCUT2D eigenvalue weighted by Crippen LogP contribution is -1.94. The molecule has 0 fully saturated rings. The number of fused-ring (bicyclic) bond motifs is 1. The van der Waals surface area contributed by atoms with Crippen LogP contribution in [-0.2, 0) is 0 Å².